The zero-order chi connectivity index (χ0) is 11.5. The lowest BCUT2D eigenvalue weighted by Gasteiger charge is -2.14. The van der Waals surface area contributed by atoms with Gasteiger partial charge in [-0.25, -0.2) is 0 Å². The summed E-state index contributed by atoms with van der Waals surface area (Å²) in [5.41, 5.74) is 8.33. The van der Waals surface area contributed by atoms with Gasteiger partial charge in [-0.2, -0.15) is 0 Å². The van der Waals surface area contributed by atoms with E-state index in [9.17, 15) is 0 Å². The molecule has 0 fully saturated rings. The molecule has 0 saturated carbocycles. The molecule has 0 bridgehead atoms. The molecule has 0 aromatic heterocycles. The molecule has 0 amide bonds. The molecule has 0 aliphatic heterocycles. The first kappa shape index (κ1) is 10.3. The number of fused-ring (bicyclic) bond motifs is 2. The topological polar surface area (TPSA) is 0 Å². The minimum Gasteiger partial charge on any atom is -0.0688 e. The predicted octanol–water partition coefficient (Wildman–Crippen LogP) is 3.44. The molecule has 0 saturated heterocycles. The highest BCUT2D eigenvalue weighted by Crippen LogP contribution is 2.42. The summed E-state index contributed by atoms with van der Waals surface area (Å²) in [5.74, 6) is 0. The summed E-state index contributed by atoms with van der Waals surface area (Å²) in [6, 6.07) is 4.83. The summed E-state index contributed by atoms with van der Waals surface area (Å²) >= 11 is 0. The summed E-state index contributed by atoms with van der Waals surface area (Å²) in [6.07, 6.45) is 4.78. The van der Waals surface area contributed by atoms with Crippen LogP contribution in [-0.4, -0.2) is 10.2 Å². The smallest absolute Gasteiger partial charge is 0.0392 e. The molecule has 1 aromatic carbocycles. The van der Waals surface area contributed by atoms with Crippen LogP contribution in [-0.2, 0) is 12.8 Å². The Bertz CT molecular complexity index is 494. The summed E-state index contributed by atoms with van der Waals surface area (Å²) in [4.78, 5) is 0. The van der Waals surface area contributed by atoms with Gasteiger partial charge in [0, 0.05) is 10.2 Å². The summed E-state index contributed by atoms with van der Waals surface area (Å²) in [6.45, 7) is 6.93. The van der Waals surface area contributed by atoms with Crippen molar-refractivity contribution in [1.82, 2.24) is 0 Å². The van der Waals surface area contributed by atoms with Crippen molar-refractivity contribution in [3.05, 3.63) is 40.0 Å². The number of rotatable bonds is 0. The van der Waals surface area contributed by atoms with E-state index < -0.39 is 0 Å². The third-order valence-electron chi connectivity index (χ3n) is 3.89. The largest absolute Gasteiger partial charge is 0.0688 e. The maximum atomic E-state index is 3.82. The van der Waals surface area contributed by atoms with E-state index in [4.69, 9.17) is 0 Å². The van der Waals surface area contributed by atoms with Crippen molar-refractivity contribution < 1.29 is 0 Å². The molecular formula is C15H17Si. The second kappa shape index (κ2) is 3.10. The van der Waals surface area contributed by atoms with Crippen LogP contribution in [0.15, 0.2) is 17.7 Å². The van der Waals surface area contributed by atoms with Crippen molar-refractivity contribution >= 4 is 16.3 Å². The Kier molecular flexibility index (Phi) is 2.00. The zero-order valence-electron chi connectivity index (χ0n) is 10.2. The van der Waals surface area contributed by atoms with E-state index in [1.54, 1.807) is 11.1 Å². The van der Waals surface area contributed by atoms with E-state index >= 15 is 0 Å². The van der Waals surface area contributed by atoms with Crippen LogP contribution in [0.3, 0.4) is 0 Å². The SMILES string of the molecule is CC1=Cc2cc3c(cc2C1[Si])CC(C)(C)C3. The molecule has 3 rings (SSSR count). The first-order chi connectivity index (χ1) is 7.46. The average molecular weight is 225 g/mol. The van der Waals surface area contributed by atoms with Crippen LogP contribution in [0.1, 0.15) is 48.6 Å². The third-order valence-corrected chi connectivity index (χ3v) is 4.66. The fraction of sp³-hybridized carbons (Fsp3) is 0.467. The lowest BCUT2D eigenvalue weighted by molar-refractivity contribution is 0.392. The van der Waals surface area contributed by atoms with Crippen molar-refractivity contribution in [2.24, 2.45) is 5.41 Å². The van der Waals surface area contributed by atoms with Crippen LogP contribution in [0.25, 0.3) is 6.08 Å². The van der Waals surface area contributed by atoms with Crippen LogP contribution in [0.4, 0.5) is 0 Å². The van der Waals surface area contributed by atoms with Gasteiger partial charge in [-0.05, 0) is 53.0 Å². The molecule has 16 heavy (non-hydrogen) atoms. The lowest BCUT2D eigenvalue weighted by Crippen LogP contribution is -2.09. The van der Waals surface area contributed by atoms with Crippen molar-refractivity contribution in [1.29, 1.82) is 0 Å². The Labute approximate surface area is 101 Å². The third kappa shape index (κ3) is 1.41. The normalized spacial score (nSPS) is 25.2. The van der Waals surface area contributed by atoms with Crippen LogP contribution >= 0.6 is 0 Å². The van der Waals surface area contributed by atoms with Gasteiger partial charge in [0.1, 0.15) is 0 Å². The highest BCUT2D eigenvalue weighted by Gasteiger charge is 2.30. The van der Waals surface area contributed by atoms with Gasteiger partial charge in [0.2, 0.25) is 0 Å². The highest BCUT2D eigenvalue weighted by molar-refractivity contribution is 6.16. The van der Waals surface area contributed by atoms with Gasteiger partial charge in [-0.1, -0.05) is 37.6 Å². The van der Waals surface area contributed by atoms with Gasteiger partial charge in [-0.15, -0.1) is 0 Å². The molecule has 2 aliphatic carbocycles. The van der Waals surface area contributed by atoms with Crippen LogP contribution < -0.4 is 0 Å². The standard InChI is InChI=1S/C15H17Si/c1-9-4-10-5-11-7-15(2,3)8-12(11)6-13(10)14(9)16/h4-6,14H,7-8H2,1-3H3. The maximum absolute atomic E-state index is 3.82. The summed E-state index contributed by atoms with van der Waals surface area (Å²) in [5, 5.41) is 0. The first-order valence-corrected chi connectivity index (χ1v) is 6.59. The fourth-order valence-corrected chi connectivity index (χ4v) is 3.43. The van der Waals surface area contributed by atoms with Gasteiger partial charge in [0.25, 0.3) is 0 Å². The maximum Gasteiger partial charge on any atom is 0.0392 e. The van der Waals surface area contributed by atoms with Crippen LogP contribution in [0.5, 0.6) is 0 Å². The molecule has 1 atom stereocenters. The molecule has 0 spiro atoms. The number of allylic oxidation sites excluding steroid dienone is 1. The Balaban J connectivity index is 2.11. The van der Waals surface area contributed by atoms with E-state index in [-0.39, 0.29) is 0 Å². The molecule has 1 unspecified atom stereocenters. The predicted molar refractivity (Wildman–Crippen MR) is 69.8 cm³/mol. The van der Waals surface area contributed by atoms with Gasteiger partial charge in [0.15, 0.2) is 0 Å². The number of hydrogen-bond acceptors (Lipinski definition) is 0. The monoisotopic (exact) mass is 225 g/mol. The Morgan fingerprint density at radius 3 is 2.50 bits per heavy atom. The van der Waals surface area contributed by atoms with Gasteiger partial charge < -0.3 is 0 Å². The fourth-order valence-electron chi connectivity index (χ4n) is 3.10. The Hall–Kier alpha value is -0.823. The van der Waals surface area contributed by atoms with Gasteiger partial charge in [0.05, 0.1) is 0 Å². The highest BCUT2D eigenvalue weighted by atomic mass is 28.1. The van der Waals surface area contributed by atoms with E-state index in [2.05, 4.69) is 49.2 Å². The average Bonchev–Trinajstić information content (AvgIpc) is 2.60. The summed E-state index contributed by atoms with van der Waals surface area (Å²) < 4.78 is 0. The molecule has 81 valence electrons. The van der Waals surface area contributed by atoms with E-state index in [0.717, 1.165) is 0 Å². The molecule has 0 N–H and O–H groups in total. The zero-order valence-corrected chi connectivity index (χ0v) is 11.2. The lowest BCUT2D eigenvalue weighted by atomic mass is 9.90. The number of benzene rings is 1. The second-order valence-corrected chi connectivity index (χ2v) is 6.67. The van der Waals surface area contributed by atoms with E-state index in [1.807, 2.05) is 0 Å². The minimum absolute atomic E-state index is 0.434. The quantitative estimate of drug-likeness (QED) is 0.593. The molecule has 0 nitrogen and oxygen atoms in total. The number of hydrogen-bond donors (Lipinski definition) is 0. The van der Waals surface area contributed by atoms with E-state index in [0.29, 0.717) is 11.0 Å². The molecular weight excluding hydrogens is 208 g/mol. The second-order valence-electron chi connectivity index (χ2n) is 6.09. The molecule has 0 heterocycles. The Morgan fingerprint density at radius 1 is 1.19 bits per heavy atom. The minimum atomic E-state index is 0.434. The molecule has 1 heteroatoms. The molecule has 1 aromatic rings. The van der Waals surface area contributed by atoms with Crippen molar-refractivity contribution in [3.63, 3.8) is 0 Å². The molecule has 2 aliphatic rings. The van der Waals surface area contributed by atoms with Crippen molar-refractivity contribution in [3.8, 4) is 0 Å². The first-order valence-electron chi connectivity index (χ1n) is 6.01. The Morgan fingerprint density at radius 2 is 1.81 bits per heavy atom. The summed E-state index contributed by atoms with van der Waals surface area (Å²) in [7, 11) is 3.82. The molecule has 3 radical (unpaired) electrons. The van der Waals surface area contributed by atoms with Crippen LogP contribution in [0.2, 0.25) is 0 Å². The van der Waals surface area contributed by atoms with Gasteiger partial charge >= 0.3 is 0 Å². The van der Waals surface area contributed by atoms with Crippen molar-refractivity contribution in [2.75, 3.05) is 0 Å². The van der Waals surface area contributed by atoms with Crippen LogP contribution in [0, 0.1) is 5.41 Å². The van der Waals surface area contributed by atoms with Gasteiger partial charge in [-0.3, -0.25) is 0 Å². The van der Waals surface area contributed by atoms with Crippen molar-refractivity contribution in [2.45, 2.75) is 39.2 Å². The van der Waals surface area contributed by atoms with E-state index in [1.165, 1.54) is 29.5 Å².